The molecule has 8 heteroatoms. The molecular weight excluding hydrogens is 364 g/mol. The number of methoxy groups -OCH3 is 3. The van der Waals surface area contributed by atoms with E-state index in [4.69, 9.17) is 18.9 Å². The van der Waals surface area contributed by atoms with Crippen molar-refractivity contribution in [2.75, 3.05) is 27.9 Å². The van der Waals surface area contributed by atoms with Crippen LogP contribution in [-0.4, -0.2) is 32.9 Å². The highest BCUT2D eigenvalue weighted by Gasteiger charge is 2.22. The summed E-state index contributed by atoms with van der Waals surface area (Å²) in [7, 11) is 4.31. The molecule has 0 saturated carbocycles. The van der Waals surface area contributed by atoms with Crippen LogP contribution in [0.5, 0.6) is 23.0 Å². The number of allylic oxidation sites excluding steroid dienone is 1. The van der Waals surface area contributed by atoms with Crippen molar-refractivity contribution in [1.29, 1.82) is 5.26 Å². The molecule has 0 aliphatic heterocycles. The lowest BCUT2D eigenvalue weighted by Crippen LogP contribution is -1.99. The molecule has 0 unspecified atom stereocenters. The van der Waals surface area contributed by atoms with Crippen molar-refractivity contribution in [2.45, 2.75) is 6.92 Å². The molecule has 0 fully saturated rings. The van der Waals surface area contributed by atoms with E-state index >= 15 is 0 Å². The van der Waals surface area contributed by atoms with Crippen LogP contribution >= 0.6 is 0 Å². The van der Waals surface area contributed by atoms with E-state index in [0.717, 1.165) is 0 Å². The van der Waals surface area contributed by atoms with E-state index in [-0.39, 0.29) is 28.3 Å². The monoisotopic (exact) mass is 384 g/mol. The number of benzene rings is 2. The van der Waals surface area contributed by atoms with Gasteiger partial charge in [-0.2, -0.15) is 5.26 Å². The second-order valence-electron chi connectivity index (χ2n) is 5.49. The van der Waals surface area contributed by atoms with Crippen molar-refractivity contribution in [3.8, 4) is 29.1 Å². The molecule has 0 saturated heterocycles. The molecule has 28 heavy (non-hydrogen) atoms. The minimum absolute atomic E-state index is 0.0962. The molecule has 8 nitrogen and oxygen atoms in total. The van der Waals surface area contributed by atoms with Crippen LogP contribution < -0.4 is 18.9 Å². The molecule has 0 radical (unpaired) electrons. The Bertz CT molecular complexity index is 946. The van der Waals surface area contributed by atoms with Crippen LogP contribution in [0.15, 0.2) is 30.3 Å². The number of nitrogens with zero attached hydrogens (tertiary/aromatic N) is 2. The smallest absolute Gasteiger partial charge is 0.281 e. The van der Waals surface area contributed by atoms with E-state index in [0.29, 0.717) is 23.7 Å². The zero-order chi connectivity index (χ0) is 20.7. The van der Waals surface area contributed by atoms with Crippen LogP contribution in [0.4, 0.5) is 5.69 Å². The quantitative estimate of drug-likeness (QED) is 0.292. The Kier molecular flexibility index (Phi) is 6.82. The van der Waals surface area contributed by atoms with E-state index in [1.54, 1.807) is 18.2 Å². The number of rotatable bonds is 8. The Hall–Kier alpha value is -3.73. The van der Waals surface area contributed by atoms with Gasteiger partial charge in [-0.3, -0.25) is 10.1 Å². The van der Waals surface area contributed by atoms with Crippen molar-refractivity contribution in [1.82, 2.24) is 0 Å². The molecule has 2 aromatic rings. The van der Waals surface area contributed by atoms with Crippen LogP contribution in [0.25, 0.3) is 11.6 Å². The second-order valence-corrected chi connectivity index (χ2v) is 5.49. The summed E-state index contributed by atoms with van der Waals surface area (Å²) in [5.74, 6) is 1.55. The van der Waals surface area contributed by atoms with Crippen molar-refractivity contribution in [3.05, 3.63) is 51.6 Å². The SMILES string of the molecule is CCOc1ccc(/C=C(/C#N)c2cc(OC)c(OC)cc2[N+](=O)[O-])cc1OC. The van der Waals surface area contributed by atoms with Crippen molar-refractivity contribution in [3.63, 3.8) is 0 Å². The summed E-state index contributed by atoms with van der Waals surface area (Å²) in [4.78, 5) is 10.9. The van der Waals surface area contributed by atoms with Crippen LogP contribution in [-0.2, 0) is 0 Å². The fourth-order valence-corrected chi connectivity index (χ4v) is 2.62. The molecule has 2 aromatic carbocycles. The predicted molar refractivity (Wildman–Crippen MR) is 104 cm³/mol. The van der Waals surface area contributed by atoms with Gasteiger partial charge >= 0.3 is 0 Å². The number of nitro benzene ring substituents is 1. The normalized spacial score (nSPS) is 10.8. The van der Waals surface area contributed by atoms with Crippen molar-refractivity contribution < 1.29 is 23.9 Å². The van der Waals surface area contributed by atoms with Gasteiger partial charge in [0.25, 0.3) is 5.69 Å². The van der Waals surface area contributed by atoms with Crippen LogP contribution in [0.2, 0.25) is 0 Å². The summed E-state index contributed by atoms with van der Waals surface area (Å²) >= 11 is 0. The third kappa shape index (κ3) is 4.32. The van der Waals surface area contributed by atoms with Gasteiger partial charge in [0.1, 0.15) is 6.07 Å². The first-order valence-corrected chi connectivity index (χ1v) is 8.32. The van der Waals surface area contributed by atoms with Crippen molar-refractivity contribution >= 4 is 17.3 Å². The minimum atomic E-state index is -0.568. The first kappa shape index (κ1) is 20.6. The maximum atomic E-state index is 11.5. The predicted octanol–water partition coefficient (Wildman–Crippen LogP) is 4.08. The molecule has 0 aliphatic rings. The Morgan fingerprint density at radius 1 is 1.07 bits per heavy atom. The van der Waals surface area contributed by atoms with Gasteiger partial charge < -0.3 is 18.9 Å². The largest absolute Gasteiger partial charge is 0.493 e. The summed E-state index contributed by atoms with van der Waals surface area (Å²) in [6.07, 6.45) is 1.53. The lowest BCUT2D eigenvalue weighted by molar-refractivity contribution is -0.385. The van der Waals surface area contributed by atoms with Gasteiger partial charge in [-0.25, -0.2) is 0 Å². The highest BCUT2D eigenvalue weighted by atomic mass is 16.6. The second kappa shape index (κ2) is 9.28. The molecule has 0 spiro atoms. The first-order valence-electron chi connectivity index (χ1n) is 8.32. The fourth-order valence-electron chi connectivity index (χ4n) is 2.62. The molecule has 0 N–H and O–H groups in total. The Balaban J connectivity index is 2.62. The number of nitriles is 1. The molecular formula is C20H20N2O6. The van der Waals surface area contributed by atoms with E-state index in [9.17, 15) is 15.4 Å². The van der Waals surface area contributed by atoms with Gasteiger partial charge in [0, 0.05) is 0 Å². The molecule has 0 bridgehead atoms. The van der Waals surface area contributed by atoms with Crippen LogP contribution in [0, 0.1) is 21.4 Å². The zero-order valence-corrected chi connectivity index (χ0v) is 16.0. The third-order valence-corrected chi connectivity index (χ3v) is 3.91. The van der Waals surface area contributed by atoms with Gasteiger partial charge in [0.15, 0.2) is 23.0 Å². The number of hydrogen-bond acceptors (Lipinski definition) is 7. The Morgan fingerprint density at radius 3 is 2.21 bits per heavy atom. The molecule has 146 valence electrons. The topological polar surface area (TPSA) is 104 Å². The highest BCUT2D eigenvalue weighted by Crippen LogP contribution is 2.38. The lowest BCUT2D eigenvalue weighted by Gasteiger charge is -2.11. The van der Waals surface area contributed by atoms with E-state index < -0.39 is 4.92 Å². The summed E-state index contributed by atoms with van der Waals surface area (Å²) < 4.78 is 21.1. The minimum Gasteiger partial charge on any atom is -0.493 e. The van der Waals surface area contributed by atoms with Gasteiger partial charge in [-0.1, -0.05) is 6.07 Å². The highest BCUT2D eigenvalue weighted by molar-refractivity contribution is 5.93. The average Bonchev–Trinajstić information content (AvgIpc) is 2.71. The van der Waals surface area contributed by atoms with E-state index in [1.165, 1.54) is 39.5 Å². The maximum absolute atomic E-state index is 11.5. The molecule has 0 heterocycles. The molecule has 0 atom stereocenters. The lowest BCUT2D eigenvalue weighted by atomic mass is 10.0. The fraction of sp³-hybridized carbons (Fsp3) is 0.250. The first-order chi connectivity index (χ1) is 13.5. The molecule has 0 aromatic heterocycles. The molecule has 0 amide bonds. The Labute approximate surface area is 162 Å². The van der Waals surface area contributed by atoms with Gasteiger partial charge in [0.05, 0.1) is 50.1 Å². The number of ether oxygens (including phenoxy) is 4. The summed E-state index contributed by atoms with van der Waals surface area (Å²) in [5.41, 5.74) is 0.584. The van der Waals surface area contributed by atoms with E-state index in [2.05, 4.69) is 0 Å². The summed E-state index contributed by atoms with van der Waals surface area (Å²) in [5, 5.41) is 21.1. The molecule has 2 rings (SSSR count). The zero-order valence-electron chi connectivity index (χ0n) is 16.0. The summed E-state index contributed by atoms with van der Waals surface area (Å²) in [6, 6.07) is 9.80. The van der Waals surface area contributed by atoms with Crippen molar-refractivity contribution in [2.24, 2.45) is 0 Å². The average molecular weight is 384 g/mol. The molecule has 0 aliphatic carbocycles. The number of hydrogen-bond donors (Lipinski definition) is 0. The Morgan fingerprint density at radius 2 is 1.68 bits per heavy atom. The van der Waals surface area contributed by atoms with Gasteiger partial charge in [-0.05, 0) is 36.8 Å². The summed E-state index contributed by atoms with van der Waals surface area (Å²) in [6.45, 7) is 2.34. The van der Waals surface area contributed by atoms with Crippen LogP contribution in [0.3, 0.4) is 0 Å². The number of nitro groups is 1. The van der Waals surface area contributed by atoms with Gasteiger partial charge in [0.2, 0.25) is 0 Å². The third-order valence-electron chi connectivity index (χ3n) is 3.91. The maximum Gasteiger partial charge on any atom is 0.281 e. The van der Waals surface area contributed by atoms with Gasteiger partial charge in [-0.15, -0.1) is 0 Å². The van der Waals surface area contributed by atoms with Crippen LogP contribution in [0.1, 0.15) is 18.1 Å². The van der Waals surface area contributed by atoms with E-state index in [1.807, 2.05) is 13.0 Å². The standard InChI is InChI=1S/C20H20N2O6/c1-5-28-17-7-6-13(9-18(17)25-2)8-14(12-21)15-10-19(26-3)20(27-4)11-16(15)22(23)24/h6-11H,5H2,1-4H3/b14-8-.